The van der Waals surface area contributed by atoms with Crippen molar-refractivity contribution in [3.05, 3.63) is 29.8 Å². The van der Waals surface area contributed by atoms with Gasteiger partial charge in [0.2, 0.25) is 11.8 Å². The monoisotopic (exact) mass is 300 g/mol. The zero-order valence-electron chi connectivity index (χ0n) is 12.4. The van der Waals surface area contributed by atoms with Crippen LogP contribution in [0.1, 0.15) is 29.6 Å². The Labute approximate surface area is 129 Å². The van der Waals surface area contributed by atoms with E-state index in [4.69, 9.17) is 11.0 Å². The predicted molar refractivity (Wildman–Crippen MR) is 83.0 cm³/mol. The van der Waals surface area contributed by atoms with Gasteiger partial charge in [-0.1, -0.05) is 0 Å². The number of likely N-dealkylation sites (tertiary alicyclic amines) is 1. The van der Waals surface area contributed by atoms with Crippen LogP contribution in [0.5, 0.6) is 0 Å². The Bertz CT molecular complexity index is 569. The SMILES string of the molecule is N#CCCN1CCC(C(=O)Nc2ccc(C(N)=O)cc2)CC1. The standard InChI is InChI=1S/C16H20N4O2/c17-8-1-9-20-10-6-13(7-11-20)16(22)19-14-4-2-12(3-5-14)15(18)21/h2-5,13H,1,6-7,9-11H2,(H2,18,21)(H,19,22). The summed E-state index contributed by atoms with van der Waals surface area (Å²) >= 11 is 0. The number of nitriles is 1. The van der Waals surface area contributed by atoms with Crippen LogP contribution in [0.25, 0.3) is 0 Å². The highest BCUT2D eigenvalue weighted by Gasteiger charge is 2.24. The molecule has 22 heavy (non-hydrogen) atoms. The van der Waals surface area contributed by atoms with E-state index in [1.54, 1.807) is 24.3 Å². The Kier molecular flexibility index (Phi) is 5.50. The smallest absolute Gasteiger partial charge is 0.248 e. The molecule has 0 unspecified atom stereocenters. The molecule has 1 aliphatic rings. The number of rotatable bonds is 5. The van der Waals surface area contributed by atoms with Crippen molar-refractivity contribution in [1.82, 2.24) is 4.90 Å². The Morgan fingerprint density at radius 2 is 1.91 bits per heavy atom. The number of carbonyl (C=O) groups excluding carboxylic acids is 2. The Morgan fingerprint density at radius 3 is 2.45 bits per heavy atom. The molecule has 0 bridgehead atoms. The van der Waals surface area contributed by atoms with E-state index in [2.05, 4.69) is 16.3 Å². The lowest BCUT2D eigenvalue weighted by Crippen LogP contribution is -2.38. The lowest BCUT2D eigenvalue weighted by atomic mass is 9.95. The van der Waals surface area contributed by atoms with Gasteiger partial charge in [0.15, 0.2) is 0 Å². The van der Waals surface area contributed by atoms with Gasteiger partial charge in [0, 0.05) is 30.1 Å². The van der Waals surface area contributed by atoms with Crippen LogP contribution in [0.4, 0.5) is 5.69 Å². The minimum atomic E-state index is -0.484. The van der Waals surface area contributed by atoms with Crippen molar-refractivity contribution in [2.75, 3.05) is 25.0 Å². The van der Waals surface area contributed by atoms with Gasteiger partial charge in [0.05, 0.1) is 6.07 Å². The molecule has 116 valence electrons. The van der Waals surface area contributed by atoms with Gasteiger partial charge in [-0.2, -0.15) is 5.26 Å². The number of nitrogens with two attached hydrogens (primary N) is 1. The fourth-order valence-electron chi connectivity index (χ4n) is 2.59. The lowest BCUT2D eigenvalue weighted by molar-refractivity contribution is -0.121. The highest BCUT2D eigenvalue weighted by molar-refractivity contribution is 5.95. The summed E-state index contributed by atoms with van der Waals surface area (Å²) in [6, 6.07) is 8.70. The summed E-state index contributed by atoms with van der Waals surface area (Å²) in [4.78, 5) is 25.4. The Hall–Kier alpha value is -2.39. The zero-order chi connectivity index (χ0) is 15.9. The third kappa shape index (κ3) is 4.30. The second-order valence-corrected chi connectivity index (χ2v) is 5.45. The summed E-state index contributed by atoms with van der Waals surface area (Å²) in [7, 11) is 0. The van der Waals surface area contributed by atoms with Crippen LogP contribution in [-0.2, 0) is 4.79 Å². The Morgan fingerprint density at radius 1 is 1.27 bits per heavy atom. The molecular weight excluding hydrogens is 280 g/mol. The van der Waals surface area contributed by atoms with Crippen molar-refractivity contribution in [2.24, 2.45) is 11.7 Å². The topological polar surface area (TPSA) is 99.2 Å². The number of carbonyl (C=O) groups is 2. The number of primary amides is 1. The molecule has 1 heterocycles. The van der Waals surface area contributed by atoms with Crippen molar-refractivity contribution >= 4 is 17.5 Å². The molecule has 2 amide bonds. The van der Waals surface area contributed by atoms with Crippen molar-refractivity contribution in [3.63, 3.8) is 0 Å². The van der Waals surface area contributed by atoms with Crippen LogP contribution in [0.3, 0.4) is 0 Å². The molecule has 0 radical (unpaired) electrons. The average Bonchev–Trinajstić information content (AvgIpc) is 2.54. The second-order valence-electron chi connectivity index (χ2n) is 5.45. The molecule has 0 aromatic heterocycles. The van der Waals surface area contributed by atoms with Gasteiger partial charge in [-0.3, -0.25) is 9.59 Å². The molecule has 0 aliphatic carbocycles. The summed E-state index contributed by atoms with van der Waals surface area (Å²) < 4.78 is 0. The summed E-state index contributed by atoms with van der Waals surface area (Å²) in [6.45, 7) is 2.47. The zero-order valence-corrected chi connectivity index (χ0v) is 12.4. The molecule has 1 aromatic rings. The number of nitrogens with one attached hydrogen (secondary N) is 1. The molecule has 1 fully saturated rings. The molecule has 3 N–H and O–H groups in total. The van der Waals surface area contributed by atoms with E-state index >= 15 is 0 Å². The lowest BCUT2D eigenvalue weighted by Gasteiger charge is -2.30. The van der Waals surface area contributed by atoms with E-state index in [1.807, 2.05) is 0 Å². The molecule has 2 rings (SSSR count). The maximum atomic E-state index is 12.2. The van der Waals surface area contributed by atoms with Crippen LogP contribution < -0.4 is 11.1 Å². The molecule has 0 spiro atoms. The van der Waals surface area contributed by atoms with Crippen molar-refractivity contribution < 1.29 is 9.59 Å². The first kappa shape index (κ1) is 16.0. The molecule has 1 saturated heterocycles. The predicted octanol–water partition coefficient (Wildman–Crippen LogP) is 1.35. The van der Waals surface area contributed by atoms with Gasteiger partial charge in [-0.05, 0) is 50.2 Å². The summed E-state index contributed by atoms with van der Waals surface area (Å²) in [6.07, 6.45) is 2.14. The molecule has 1 aromatic carbocycles. The summed E-state index contributed by atoms with van der Waals surface area (Å²) in [5.74, 6) is -0.483. The van der Waals surface area contributed by atoms with Gasteiger partial charge in [-0.15, -0.1) is 0 Å². The van der Waals surface area contributed by atoms with E-state index in [0.29, 0.717) is 17.7 Å². The average molecular weight is 300 g/mol. The number of amides is 2. The van der Waals surface area contributed by atoms with E-state index in [-0.39, 0.29) is 11.8 Å². The van der Waals surface area contributed by atoms with Crippen LogP contribution in [-0.4, -0.2) is 36.3 Å². The normalized spacial score (nSPS) is 16.0. The quantitative estimate of drug-likeness (QED) is 0.857. The minimum absolute atomic E-state index is 0.00541. The van der Waals surface area contributed by atoms with Gasteiger partial charge in [0.25, 0.3) is 0 Å². The largest absolute Gasteiger partial charge is 0.366 e. The first-order chi connectivity index (χ1) is 10.6. The maximum absolute atomic E-state index is 12.2. The minimum Gasteiger partial charge on any atom is -0.366 e. The van der Waals surface area contributed by atoms with Crippen LogP contribution in [0.2, 0.25) is 0 Å². The molecule has 1 aliphatic heterocycles. The molecule has 6 heteroatoms. The van der Waals surface area contributed by atoms with E-state index in [0.717, 1.165) is 32.5 Å². The highest BCUT2D eigenvalue weighted by atomic mass is 16.2. The number of hydrogen-bond acceptors (Lipinski definition) is 4. The van der Waals surface area contributed by atoms with Gasteiger partial charge < -0.3 is 16.0 Å². The number of piperidine rings is 1. The molecule has 6 nitrogen and oxygen atoms in total. The third-order valence-corrected chi connectivity index (χ3v) is 3.94. The maximum Gasteiger partial charge on any atom is 0.248 e. The summed E-state index contributed by atoms with van der Waals surface area (Å²) in [5, 5.41) is 11.5. The van der Waals surface area contributed by atoms with Gasteiger partial charge in [-0.25, -0.2) is 0 Å². The molecule has 0 atom stereocenters. The number of benzene rings is 1. The van der Waals surface area contributed by atoms with E-state index in [1.165, 1.54) is 0 Å². The van der Waals surface area contributed by atoms with Crippen LogP contribution in [0.15, 0.2) is 24.3 Å². The first-order valence-electron chi connectivity index (χ1n) is 7.40. The van der Waals surface area contributed by atoms with Crippen molar-refractivity contribution in [1.29, 1.82) is 5.26 Å². The summed E-state index contributed by atoms with van der Waals surface area (Å²) in [5.41, 5.74) is 6.27. The number of nitrogens with zero attached hydrogens (tertiary/aromatic N) is 2. The van der Waals surface area contributed by atoms with E-state index < -0.39 is 5.91 Å². The van der Waals surface area contributed by atoms with E-state index in [9.17, 15) is 9.59 Å². The molecular formula is C16H20N4O2. The number of hydrogen-bond donors (Lipinski definition) is 2. The fourth-order valence-corrected chi connectivity index (χ4v) is 2.59. The van der Waals surface area contributed by atoms with Crippen LogP contribution in [0, 0.1) is 17.2 Å². The van der Waals surface area contributed by atoms with Gasteiger partial charge >= 0.3 is 0 Å². The van der Waals surface area contributed by atoms with Crippen molar-refractivity contribution in [2.45, 2.75) is 19.3 Å². The fraction of sp³-hybridized carbons (Fsp3) is 0.438. The van der Waals surface area contributed by atoms with Gasteiger partial charge in [0.1, 0.15) is 0 Å². The molecule has 0 saturated carbocycles. The first-order valence-corrected chi connectivity index (χ1v) is 7.40. The van der Waals surface area contributed by atoms with Crippen molar-refractivity contribution in [3.8, 4) is 6.07 Å². The highest BCUT2D eigenvalue weighted by Crippen LogP contribution is 2.19. The third-order valence-electron chi connectivity index (χ3n) is 3.94. The second kappa shape index (κ2) is 7.57. The number of anilines is 1. The van der Waals surface area contributed by atoms with Crippen LogP contribution >= 0.6 is 0 Å². The Balaban J connectivity index is 1.83.